The molecule has 2 aromatic rings. The number of anilines is 1. The van der Waals surface area contributed by atoms with E-state index in [4.69, 9.17) is 17.3 Å². The van der Waals surface area contributed by atoms with Crippen molar-refractivity contribution in [2.45, 2.75) is 6.92 Å². The van der Waals surface area contributed by atoms with Crippen molar-refractivity contribution in [3.63, 3.8) is 0 Å². The van der Waals surface area contributed by atoms with E-state index in [2.05, 4.69) is 27.7 Å². The Labute approximate surface area is 111 Å². The molecule has 0 fully saturated rings. The van der Waals surface area contributed by atoms with E-state index in [1.165, 1.54) is 16.8 Å². The maximum absolute atomic E-state index is 13.3. The first kappa shape index (κ1) is 11.7. The van der Waals surface area contributed by atoms with Gasteiger partial charge < -0.3 is 5.73 Å². The van der Waals surface area contributed by atoms with Gasteiger partial charge in [-0.05, 0) is 41.6 Å². The Morgan fingerprint density at radius 3 is 2.69 bits per heavy atom. The Hall–Kier alpha value is -0.820. The summed E-state index contributed by atoms with van der Waals surface area (Å²) in [5, 5.41) is 4.31. The van der Waals surface area contributed by atoms with Crippen molar-refractivity contribution in [1.29, 1.82) is 0 Å². The summed E-state index contributed by atoms with van der Waals surface area (Å²) in [6, 6.07) is 4.46. The van der Waals surface area contributed by atoms with E-state index < -0.39 is 5.82 Å². The van der Waals surface area contributed by atoms with Crippen LogP contribution >= 0.6 is 34.2 Å². The highest BCUT2D eigenvalue weighted by Gasteiger charge is 2.12. The molecule has 3 nitrogen and oxygen atoms in total. The predicted molar refractivity (Wildman–Crippen MR) is 70.4 cm³/mol. The van der Waals surface area contributed by atoms with Crippen molar-refractivity contribution in [3.05, 3.63) is 38.3 Å². The highest BCUT2D eigenvalue weighted by Crippen LogP contribution is 2.24. The molecule has 1 aromatic heterocycles. The molecule has 2 N–H and O–H groups in total. The number of nitrogens with two attached hydrogens (primary N) is 1. The lowest BCUT2D eigenvalue weighted by Gasteiger charge is -2.04. The lowest BCUT2D eigenvalue weighted by Crippen LogP contribution is -2.02. The normalized spacial score (nSPS) is 10.8. The summed E-state index contributed by atoms with van der Waals surface area (Å²) in [7, 11) is 0. The van der Waals surface area contributed by atoms with E-state index in [0.29, 0.717) is 11.5 Å². The van der Waals surface area contributed by atoms with Crippen molar-refractivity contribution in [3.8, 4) is 5.69 Å². The SMILES string of the molecule is Cc1nn(-c2ccc(Cl)c(F)c2)c(N)c1I. The van der Waals surface area contributed by atoms with E-state index in [1.807, 2.05) is 6.92 Å². The Bertz CT molecular complexity index is 553. The smallest absolute Gasteiger partial charge is 0.143 e. The molecule has 1 aromatic carbocycles. The summed E-state index contributed by atoms with van der Waals surface area (Å²) >= 11 is 7.71. The van der Waals surface area contributed by atoms with Gasteiger partial charge in [0, 0.05) is 6.07 Å². The van der Waals surface area contributed by atoms with Gasteiger partial charge in [0.1, 0.15) is 11.6 Å². The van der Waals surface area contributed by atoms with Gasteiger partial charge in [0.15, 0.2) is 0 Å². The highest BCUT2D eigenvalue weighted by atomic mass is 127. The minimum absolute atomic E-state index is 0.0842. The summed E-state index contributed by atoms with van der Waals surface area (Å²) in [5.74, 6) is 0.0153. The average molecular weight is 352 g/mol. The number of halogens is 3. The fraction of sp³-hybridized carbons (Fsp3) is 0.100. The highest BCUT2D eigenvalue weighted by molar-refractivity contribution is 14.1. The molecule has 0 bridgehead atoms. The molecular formula is C10H8ClFIN3. The molecule has 16 heavy (non-hydrogen) atoms. The van der Waals surface area contributed by atoms with Gasteiger partial charge >= 0.3 is 0 Å². The van der Waals surface area contributed by atoms with E-state index in [0.717, 1.165) is 9.26 Å². The zero-order valence-corrected chi connectivity index (χ0v) is 11.3. The summed E-state index contributed by atoms with van der Waals surface area (Å²) in [6.45, 7) is 1.85. The summed E-state index contributed by atoms with van der Waals surface area (Å²) in [4.78, 5) is 0. The fourth-order valence-electron chi connectivity index (χ4n) is 1.34. The predicted octanol–water partition coefficient (Wildman–Crippen LogP) is 3.16. The van der Waals surface area contributed by atoms with Gasteiger partial charge in [-0.3, -0.25) is 0 Å². The van der Waals surface area contributed by atoms with Gasteiger partial charge in [-0.2, -0.15) is 5.10 Å². The van der Waals surface area contributed by atoms with Gasteiger partial charge in [-0.1, -0.05) is 11.6 Å². The second-order valence-corrected chi connectivity index (χ2v) is 4.78. The number of hydrogen-bond acceptors (Lipinski definition) is 2. The monoisotopic (exact) mass is 351 g/mol. The molecule has 2 rings (SSSR count). The van der Waals surface area contributed by atoms with Crippen LogP contribution in [0.5, 0.6) is 0 Å². The second kappa shape index (κ2) is 4.21. The maximum atomic E-state index is 13.3. The lowest BCUT2D eigenvalue weighted by atomic mass is 10.3. The van der Waals surface area contributed by atoms with Crippen molar-refractivity contribution in [2.75, 3.05) is 5.73 Å². The minimum atomic E-state index is -0.485. The van der Waals surface area contributed by atoms with E-state index in [9.17, 15) is 4.39 Å². The molecule has 0 atom stereocenters. The van der Waals surface area contributed by atoms with Crippen molar-refractivity contribution in [1.82, 2.24) is 9.78 Å². The number of aromatic nitrogens is 2. The summed E-state index contributed by atoms with van der Waals surface area (Å²) in [6.07, 6.45) is 0. The average Bonchev–Trinajstić information content (AvgIpc) is 2.50. The maximum Gasteiger partial charge on any atom is 0.143 e. The third-order valence-corrected chi connectivity index (χ3v) is 3.81. The Kier molecular flexibility index (Phi) is 3.07. The molecule has 0 aliphatic heterocycles. The summed E-state index contributed by atoms with van der Waals surface area (Å²) in [5.41, 5.74) is 7.24. The van der Waals surface area contributed by atoms with Crippen LogP contribution in [0.25, 0.3) is 5.69 Å². The molecule has 1 heterocycles. The molecule has 0 saturated heterocycles. The standard InChI is InChI=1S/C10H8ClFIN3/c1-5-9(13)10(14)16(15-5)6-2-3-7(11)8(12)4-6/h2-4H,14H2,1H3. The third-order valence-electron chi connectivity index (χ3n) is 2.17. The van der Waals surface area contributed by atoms with Crippen LogP contribution < -0.4 is 5.73 Å². The first-order valence-corrected chi connectivity index (χ1v) is 5.92. The van der Waals surface area contributed by atoms with E-state index >= 15 is 0 Å². The van der Waals surface area contributed by atoms with E-state index in [1.54, 1.807) is 6.07 Å². The lowest BCUT2D eigenvalue weighted by molar-refractivity contribution is 0.626. The van der Waals surface area contributed by atoms with Crippen LogP contribution in [-0.4, -0.2) is 9.78 Å². The molecule has 6 heteroatoms. The van der Waals surface area contributed by atoms with Crippen molar-refractivity contribution in [2.24, 2.45) is 0 Å². The van der Waals surface area contributed by atoms with Gasteiger partial charge in [-0.25, -0.2) is 9.07 Å². The topological polar surface area (TPSA) is 43.8 Å². The molecule has 0 amide bonds. The van der Waals surface area contributed by atoms with Gasteiger partial charge in [0.25, 0.3) is 0 Å². The molecule has 0 spiro atoms. The second-order valence-electron chi connectivity index (χ2n) is 3.29. The van der Waals surface area contributed by atoms with Gasteiger partial charge in [0.05, 0.1) is 20.0 Å². The zero-order chi connectivity index (χ0) is 11.9. The number of hydrogen-bond donors (Lipinski definition) is 1. The van der Waals surface area contributed by atoms with E-state index in [-0.39, 0.29) is 5.02 Å². The fourth-order valence-corrected chi connectivity index (χ4v) is 1.79. The minimum Gasteiger partial charge on any atom is -0.383 e. The number of rotatable bonds is 1. The number of aryl methyl sites for hydroxylation is 1. The van der Waals surface area contributed by atoms with Crippen LogP contribution in [0.3, 0.4) is 0 Å². The van der Waals surface area contributed by atoms with Gasteiger partial charge in [-0.15, -0.1) is 0 Å². The number of nitrogens with zero attached hydrogens (tertiary/aromatic N) is 2. The van der Waals surface area contributed by atoms with Crippen LogP contribution in [0, 0.1) is 16.3 Å². The van der Waals surface area contributed by atoms with Crippen LogP contribution in [0.2, 0.25) is 5.02 Å². The quantitative estimate of drug-likeness (QED) is 0.802. The largest absolute Gasteiger partial charge is 0.383 e. The molecule has 84 valence electrons. The third kappa shape index (κ3) is 1.89. The van der Waals surface area contributed by atoms with Gasteiger partial charge in [0.2, 0.25) is 0 Å². The molecule has 0 saturated carbocycles. The molecule has 0 unspecified atom stereocenters. The van der Waals surface area contributed by atoms with Crippen LogP contribution in [-0.2, 0) is 0 Å². The molecule has 0 aliphatic carbocycles. The number of nitrogen functional groups attached to an aromatic ring is 1. The zero-order valence-electron chi connectivity index (χ0n) is 8.34. The molecule has 0 aliphatic rings. The first-order chi connectivity index (χ1) is 7.50. The molecule has 0 radical (unpaired) electrons. The van der Waals surface area contributed by atoms with Crippen LogP contribution in [0.1, 0.15) is 5.69 Å². The molecular weight excluding hydrogens is 343 g/mol. The number of benzene rings is 1. The van der Waals surface area contributed by atoms with Crippen molar-refractivity contribution >= 4 is 40.0 Å². The Balaban J connectivity index is 2.59. The van der Waals surface area contributed by atoms with Crippen LogP contribution in [0.4, 0.5) is 10.2 Å². The Morgan fingerprint density at radius 1 is 1.50 bits per heavy atom. The summed E-state index contributed by atoms with van der Waals surface area (Å²) < 4.78 is 15.7. The van der Waals surface area contributed by atoms with Crippen molar-refractivity contribution < 1.29 is 4.39 Å². The van der Waals surface area contributed by atoms with Crippen LogP contribution in [0.15, 0.2) is 18.2 Å². The Morgan fingerprint density at radius 2 is 2.19 bits per heavy atom. The first-order valence-electron chi connectivity index (χ1n) is 4.46.